The minimum Gasteiger partial charge on any atom is -0.396 e. The van der Waals surface area contributed by atoms with E-state index in [0.717, 1.165) is 32.4 Å². The van der Waals surface area contributed by atoms with Gasteiger partial charge in [-0.15, -0.1) is 0 Å². The summed E-state index contributed by atoms with van der Waals surface area (Å²) in [6.45, 7) is 12.7. The van der Waals surface area contributed by atoms with Crippen molar-refractivity contribution in [1.82, 2.24) is 4.90 Å². The lowest BCUT2D eigenvalue weighted by Gasteiger charge is -2.41. The summed E-state index contributed by atoms with van der Waals surface area (Å²) in [6, 6.07) is 0. The fraction of sp³-hybridized carbons (Fsp3) is 0.938. The van der Waals surface area contributed by atoms with Crippen molar-refractivity contribution in [3.8, 4) is 0 Å². The van der Waals surface area contributed by atoms with Crippen LogP contribution >= 0.6 is 0 Å². The van der Waals surface area contributed by atoms with Gasteiger partial charge in [-0.3, -0.25) is 4.79 Å². The second-order valence-electron chi connectivity index (χ2n) is 7.36. The molecule has 3 nitrogen and oxygen atoms in total. The molecule has 1 unspecified atom stereocenters. The number of rotatable bonds is 4. The molecule has 1 saturated heterocycles. The van der Waals surface area contributed by atoms with Gasteiger partial charge < -0.3 is 10.0 Å². The van der Waals surface area contributed by atoms with Gasteiger partial charge in [0, 0.05) is 26.1 Å². The molecule has 19 heavy (non-hydrogen) atoms. The summed E-state index contributed by atoms with van der Waals surface area (Å²) < 4.78 is 0. The highest BCUT2D eigenvalue weighted by molar-refractivity contribution is 5.76. The van der Waals surface area contributed by atoms with Crippen molar-refractivity contribution in [1.29, 1.82) is 0 Å². The van der Waals surface area contributed by atoms with Crippen LogP contribution in [0.2, 0.25) is 0 Å². The number of amides is 1. The van der Waals surface area contributed by atoms with Crippen LogP contribution in [0.4, 0.5) is 0 Å². The van der Waals surface area contributed by atoms with Gasteiger partial charge in [0.05, 0.1) is 0 Å². The SMILES string of the molecule is CCC1(CO)CCN(C(=O)CC(C)C(C)(C)C)CC1. The summed E-state index contributed by atoms with van der Waals surface area (Å²) in [5, 5.41) is 9.52. The number of nitrogens with zero attached hydrogens (tertiary/aromatic N) is 1. The van der Waals surface area contributed by atoms with Crippen molar-refractivity contribution >= 4 is 5.91 Å². The zero-order valence-corrected chi connectivity index (χ0v) is 13.3. The molecule has 0 bridgehead atoms. The van der Waals surface area contributed by atoms with Crippen LogP contribution in [-0.4, -0.2) is 35.6 Å². The molecule has 1 N–H and O–H groups in total. The number of hydrogen-bond acceptors (Lipinski definition) is 2. The highest BCUT2D eigenvalue weighted by Crippen LogP contribution is 2.35. The van der Waals surface area contributed by atoms with E-state index < -0.39 is 0 Å². The van der Waals surface area contributed by atoms with Crippen molar-refractivity contribution in [3.63, 3.8) is 0 Å². The van der Waals surface area contributed by atoms with Crippen molar-refractivity contribution in [3.05, 3.63) is 0 Å². The van der Waals surface area contributed by atoms with Gasteiger partial charge in [0.2, 0.25) is 5.91 Å². The normalized spacial score (nSPS) is 21.3. The minimum atomic E-state index is 0.0619. The maximum atomic E-state index is 12.3. The topological polar surface area (TPSA) is 40.5 Å². The smallest absolute Gasteiger partial charge is 0.222 e. The molecular weight excluding hydrogens is 238 g/mol. The van der Waals surface area contributed by atoms with E-state index in [9.17, 15) is 9.90 Å². The molecule has 0 aromatic carbocycles. The molecule has 0 aliphatic carbocycles. The number of carbonyl (C=O) groups excluding carboxylic acids is 1. The average Bonchev–Trinajstić information content (AvgIpc) is 2.37. The van der Waals surface area contributed by atoms with E-state index in [2.05, 4.69) is 34.6 Å². The second kappa shape index (κ2) is 6.25. The molecule has 0 saturated carbocycles. The summed E-state index contributed by atoms with van der Waals surface area (Å²) in [7, 11) is 0. The number of carbonyl (C=O) groups is 1. The third kappa shape index (κ3) is 4.20. The third-order valence-electron chi connectivity index (χ3n) is 5.22. The van der Waals surface area contributed by atoms with Crippen molar-refractivity contribution in [2.45, 2.75) is 60.3 Å². The van der Waals surface area contributed by atoms with Gasteiger partial charge >= 0.3 is 0 Å². The first-order chi connectivity index (χ1) is 8.74. The van der Waals surface area contributed by atoms with Crippen LogP contribution in [-0.2, 0) is 4.79 Å². The van der Waals surface area contributed by atoms with Gasteiger partial charge in [-0.2, -0.15) is 0 Å². The Morgan fingerprint density at radius 2 is 1.84 bits per heavy atom. The molecule has 0 spiro atoms. The molecule has 0 aromatic heterocycles. The molecule has 1 atom stereocenters. The monoisotopic (exact) mass is 269 g/mol. The van der Waals surface area contributed by atoms with E-state index in [1.807, 2.05) is 4.90 Å². The van der Waals surface area contributed by atoms with Crippen molar-refractivity contribution in [2.24, 2.45) is 16.7 Å². The highest BCUT2D eigenvalue weighted by Gasteiger charge is 2.34. The average molecular weight is 269 g/mol. The Morgan fingerprint density at radius 3 is 2.21 bits per heavy atom. The third-order valence-corrected chi connectivity index (χ3v) is 5.22. The van der Waals surface area contributed by atoms with Crippen LogP contribution in [0.3, 0.4) is 0 Å². The summed E-state index contributed by atoms with van der Waals surface area (Å²) in [5.74, 6) is 0.681. The first kappa shape index (κ1) is 16.5. The first-order valence-corrected chi connectivity index (χ1v) is 7.63. The molecule has 1 heterocycles. The zero-order valence-electron chi connectivity index (χ0n) is 13.3. The van der Waals surface area contributed by atoms with Crippen LogP contribution in [0.25, 0.3) is 0 Å². The van der Waals surface area contributed by atoms with E-state index in [-0.39, 0.29) is 23.3 Å². The van der Waals surface area contributed by atoms with Gasteiger partial charge in [-0.1, -0.05) is 34.6 Å². The number of hydrogen-bond donors (Lipinski definition) is 1. The summed E-state index contributed by atoms with van der Waals surface area (Å²) >= 11 is 0. The molecule has 0 aromatic rings. The largest absolute Gasteiger partial charge is 0.396 e. The van der Waals surface area contributed by atoms with E-state index in [1.54, 1.807) is 0 Å². The Hall–Kier alpha value is -0.570. The lowest BCUT2D eigenvalue weighted by molar-refractivity contribution is -0.135. The summed E-state index contributed by atoms with van der Waals surface area (Å²) in [5.41, 5.74) is 0.246. The predicted octanol–water partition coefficient (Wildman–Crippen LogP) is 3.07. The molecule has 1 fully saturated rings. The molecule has 1 rings (SSSR count). The Bertz CT molecular complexity index is 292. The highest BCUT2D eigenvalue weighted by atomic mass is 16.3. The number of likely N-dealkylation sites (tertiary alicyclic amines) is 1. The van der Waals surface area contributed by atoms with Crippen LogP contribution in [0.15, 0.2) is 0 Å². The van der Waals surface area contributed by atoms with E-state index in [0.29, 0.717) is 12.3 Å². The van der Waals surface area contributed by atoms with Crippen LogP contribution in [0.1, 0.15) is 60.3 Å². The van der Waals surface area contributed by atoms with Crippen molar-refractivity contribution in [2.75, 3.05) is 19.7 Å². The van der Waals surface area contributed by atoms with Gasteiger partial charge in [0.1, 0.15) is 0 Å². The van der Waals surface area contributed by atoms with Crippen LogP contribution in [0, 0.1) is 16.7 Å². The Morgan fingerprint density at radius 1 is 1.32 bits per heavy atom. The number of piperidine rings is 1. The van der Waals surface area contributed by atoms with Crippen LogP contribution < -0.4 is 0 Å². The maximum absolute atomic E-state index is 12.3. The molecule has 0 radical (unpaired) electrons. The second-order valence-corrected chi connectivity index (χ2v) is 7.36. The van der Waals surface area contributed by atoms with E-state index in [4.69, 9.17) is 0 Å². The van der Waals surface area contributed by atoms with Gasteiger partial charge in [-0.25, -0.2) is 0 Å². The lowest BCUT2D eigenvalue weighted by Crippen LogP contribution is -2.45. The Labute approximate surface area is 118 Å². The first-order valence-electron chi connectivity index (χ1n) is 7.63. The maximum Gasteiger partial charge on any atom is 0.222 e. The van der Waals surface area contributed by atoms with E-state index >= 15 is 0 Å². The summed E-state index contributed by atoms with van der Waals surface area (Å²) in [6.07, 6.45) is 3.52. The minimum absolute atomic E-state index is 0.0619. The molecule has 1 amide bonds. The molecule has 3 heteroatoms. The van der Waals surface area contributed by atoms with Crippen LogP contribution in [0.5, 0.6) is 0 Å². The molecule has 1 aliphatic heterocycles. The quantitative estimate of drug-likeness (QED) is 0.852. The molecular formula is C16H31NO2. The van der Waals surface area contributed by atoms with Crippen molar-refractivity contribution < 1.29 is 9.90 Å². The fourth-order valence-electron chi connectivity index (χ4n) is 2.55. The Balaban J connectivity index is 2.50. The summed E-state index contributed by atoms with van der Waals surface area (Å²) in [4.78, 5) is 14.3. The van der Waals surface area contributed by atoms with Gasteiger partial charge in [-0.05, 0) is 36.0 Å². The number of aliphatic hydroxyl groups excluding tert-OH is 1. The Kier molecular flexibility index (Phi) is 5.43. The number of aliphatic hydroxyl groups is 1. The molecule has 112 valence electrons. The molecule has 1 aliphatic rings. The predicted molar refractivity (Wildman–Crippen MR) is 78.9 cm³/mol. The fourth-order valence-corrected chi connectivity index (χ4v) is 2.55. The lowest BCUT2D eigenvalue weighted by atomic mass is 9.76. The zero-order chi connectivity index (χ0) is 14.7. The van der Waals surface area contributed by atoms with E-state index in [1.165, 1.54) is 0 Å². The van der Waals surface area contributed by atoms with Gasteiger partial charge in [0.15, 0.2) is 0 Å². The standard InChI is InChI=1S/C16H31NO2/c1-6-16(12-18)7-9-17(10-8-16)14(19)11-13(2)15(3,4)5/h13,18H,6-12H2,1-5H3. The van der Waals surface area contributed by atoms with Gasteiger partial charge in [0.25, 0.3) is 0 Å².